The molecule has 0 unspecified atom stereocenters. The van der Waals surface area contributed by atoms with E-state index in [0.717, 1.165) is 86.6 Å². The zero-order chi connectivity index (χ0) is 32.8. The highest BCUT2D eigenvalue weighted by atomic mass is 32.2. The van der Waals surface area contributed by atoms with Gasteiger partial charge in [0.1, 0.15) is 22.4 Å². The van der Waals surface area contributed by atoms with Gasteiger partial charge in [0, 0.05) is 86.2 Å². The third-order valence-corrected chi connectivity index (χ3v) is 10.7. The second-order valence-electron chi connectivity index (χ2n) is 11.6. The topological polar surface area (TPSA) is 85.0 Å². The Kier molecular flexibility index (Phi) is 11.4. The first-order valence-electron chi connectivity index (χ1n) is 16.1. The number of rotatable bonds is 9. The summed E-state index contributed by atoms with van der Waals surface area (Å²) in [5.41, 5.74) is 4.34. The van der Waals surface area contributed by atoms with E-state index in [1.165, 1.54) is 22.6 Å². The lowest BCUT2D eigenvalue weighted by molar-refractivity contribution is -0.126. The molecule has 5 heterocycles. The molecule has 3 aromatic heterocycles. The maximum Gasteiger partial charge on any atom is 0.393 e. The number of piperidine rings is 1. The van der Waals surface area contributed by atoms with Crippen molar-refractivity contribution in [3.63, 3.8) is 0 Å². The first-order chi connectivity index (χ1) is 22.2. The number of nitrogens with one attached hydrogen (secondary N) is 2. The number of halogens is 3. The number of nitriles is 1. The molecule has 248 valence electrons. The first-order valence-corrected chi connectivity index (χ1v) is 18.0. The van der Waals surface area contributed by atoms with E-state index in [4.69, 9.17) is 0 Å². The maximum atomic E-state index is 13.0. The average molecular weight is 673 g/mol. The van der Waals surface area contributed by atoms with Crippen LogP contribution < -0.4 is 10.6 Å². The van der Waals surface area contributed by atoms with Gasteiger partial charge in [-0.1, -0.05) is 19.9 Å². The van der Waals surface area contributed by atoms with Gasteiger partial charge < -0.3 is 15.2 Å². The van der Waals surface area contributed by atoms with Gasteiger partial charge in [0.05, 0.1) is 11.8 Å². The quantitative estimate of drug-likeness (QED) is 0.195. The molecule has 2 fully saturated rings. The second-order valence-corrected chi connectivity index (χ2v) is 13.9. The van der Waals surface area contributed by atoms with Crippen LogP contribution in [0.5, 0.6) is 0 Å². The van der Waals surface area contributed by atoms with Crippen LogP contribution in [-0.4, -0.2) is 87.8 Å². The zero-order valence-corrected chi connectivity index (χ0v) is 28.6. The van der Waals surface area contributed by atoms with Crippen LogP contribution in [0.25, 0.3) is 21.1 Å². The smallest absolute Gasteiger partial charge is 0.367 e. The van der Waals surface area contributed by atoms with Gasteiger partial charge >= 0.3 is 6.18 Å². The predicted octanol–water partition coefficient (Wildman–Crippen LogP) is 7.12. The van der Waals surface area contributed by atoms with Crippen LogP contribution in [0.4, 0.5) is 24.9 Å². The minimum Gasteiger partial charge on any atom is -0.367 e. The SMILES string of the molecule is CC.CNc1nc(NC2CCN(Cc3ccc4c(cc(C#N)n4CCN4CCSCC4)c3C)CC2)c2cc(CC(F)(F)F)sc2n1. The molecule has 0 amide bonds. The summed E-state index contributed by atoms with van der Waals surface area (Å²) in [7, 11) is 1.71. The van der Waals surface area contributed by atoms with Crippen LogP contribution in [0, 0.1) is 18.3 Å². The molecule has 13 heteroatoms. The molecule has 0 atom stereocenters. The molecular weight excluding hydrogens is 630 g/mol. The van der Waals surface area contributed by atoms with Crippen LogP contribution in [0.2, 0.25) is 0 Å². The zero-order valence-electron chi connectivity index (χ0n) is 27.0. The summed E-state index contributed by atoms with van der Waals surface area (Å²) in [6.07, 6.45) is -3.44. The van der Waals surface area contributed by atoms with E-state index in [1.807, 2.05) is 31.7 Å². The molecule has 4 aromatic rings. The molecule has 2 aliphatic heterocycles. The van der Waals surface area contributed by atoms with Gasteiger partial charge in [-0.25, -0.2) is 4.98 Å². The minimum absolute atomic E-state index is 0.161. The van der Waals surface area contributed by atoms with E-state index in [-0.39, 0.29) is 10.9 Å². The third-order valence-electron chi connectivity index (χ3n) is 8.69. The molecule has 6 rings (SSSR count). The fourth-order valence-corrected chi connectivity index (χ4v) is 8.28. The van der Waals surface area contributed by atoms with Gasteiger partial charge in [-0.15, -0.1) is 11.3 Å². The summed E-state index contributed by atoms with van der Waals surface area (Å²) in [4.78, 5) is 14.7. The summed E-state index contributed by atoms with van der Waals surface area (Å²) in [6.45, 7) is 12.8. The molecule has 46 heavy (non-hydrogen) atoms. The van der Waals surface area contributed by atoms with Crippen molar-refractivity contribution in [2.24, 2.45) is 0 Å². The fraction of sp³-hybridized carbons (Fsp3) is 0.545. The van der Waals surface area contributed by atoms with Crippen LogP contribution >= 0.6 is 23.1 Å². The Hall–Kier alpha value is -3.05. The summed E-state index contributed by atoms with van der Waals surface area (Å²) in [5, 5.41) is 18.1. The Morgan fingerprint density at radius 3 is 2.41 bits per heavy atom. The van der Waals surface area contributed by atoms with Crippen LogP contribution in [0.3, 0.4) is 0 Å². The molecule has 0 bridgehead atoms. The van der Waals surface area contributed by atoms with Crippen molar-refractivity contribution in [1.29, 1.82) is 5.26 Å². The number of thioether (sulfide) groups is 1. The molecule has 0 saturated carbocycles. The summed E-state index contributed by atoms with van der Waals surface area (Å²) < 4.78 is 41.3. The second kappa shape index (κ2) is 15.2. The molecule has 0 radical (unpaired) electrons. The Morgan fingerprint density at radius 1 is 1.00 bits per heavy atom. The molecule has 2 aliphatic rings. The predicted molar refractivity (Wildman–Crippen MR) is 185 cm³/mol. The van der Waals surface area contributed by atoms with Crippen molar-refractivity contribution in [2.75, 3.05) is 61.9 Å². The molecule has 0 aliphatic carbocycles. The highest BCUT2D eigenvalue weighted by Crippen LogP contribution is 2.35. The van der Waals surface area contributed by atoms with Crippen molar-refractivity contribution in [2.45, 2.75) is 65.3 Å². The van der Waals surface area contributed by atoms with Crippen LogP contribution in [-0.2, 0) is 19.5 Å². The number of aryl methyl sites for hydroxylation is 1. The van der Waals surface area contributed by atoms with Crippen molar-refractivity contribution >= 4 is 56.0 Å². The van der Waals surface area contributed by atoms with E-state index in [2.05, 4.69) is 60.1 Å². The van der Waals surface area contributed by atoms with Crippen LogP contribution in [0.15, 0.2) is 24.3 Å². The normalized spacial score (nSPS) is 16.7. The van der Waals surface area contributed by atoms with Gasteiger partial charge in [0.2, 0.25) is 5.95 Å². The number of fused-ring (bicyclic) bond motifs is 2. The number of hydrogen-bond donors (Lipinski definition) is 2. The van der Waals surface area contributed by atoms with Gasteiger partial charge in [0.25, 0.3) is 0 Å². The number of anilines is 2. The number of aromatic nitrogens is 3. The summed E-state index contributed by atoms with van der Waals surface area (Å²) in [5.74, 6) is 3.33. The van der Waals surface area contributed by atoms with E-state index in [1.54, 1.807) is 13.1 Å². The van der Waals surface area contributed by atoms with E-state index in [0.29, 0.717) is 22.0 Å². The number of alkyl halides is 3. The number of benzene rings is 1. The third kappa shape index (κ3) is 8.08. The van der Waals surface area contributed by atoms with Gasteiger partial charge in [-0.05, 0) is 49.1 Å². The highest BCUT2D eigenvalue weighted by molar-refractivity contribution is 7.99. The van der Waals surface area contributed by atoms with Gasteiger partial charge in [-0.3, -0.25) is 9.80 Å². The molecule has 2 saturated heterocycles. The Bertz CT molecular complexity index is 1660. The maximum absolute atomic E-state index is 13.0. The molecule has 2 N–H and O–H groups in total. The monoisotopic (exact) mass is 672 g/mol. The van der Waals surface area contributed by atoms with E-state index in [9.17, 15) is 18.4 Å². The molecule has 0 spiro atoms. The number of nitrogens with zero attached hydrogens (tertiary/aromatic N) is 6. The highest BCUT2D eigenvalue weighted by Gasteiger charge is 2.29. The molecule has 8 nitrogen and oxygen atoms in total. The number of hydrogen-bond acceptors (Lipinski definition) is 9. The largest absolute Gasteiger partial charge is 0.393 e. The molecular formula is C33H43F3N8S2. The first kappa shape index (κ1) is 34.3. The Balaban J connectivity index is 0.00000204. The van der Waals surface area contributed by atoms with Gasteiger partial charge in [0.15, 0.2) is 0 Å². The minimum atomic E-state index is -4.27. The van der Waals surface area contributed by atoms with E-state index >= 15 is 0 Å². The summed E-state index contributed by atoms with van der Waals surface area (Å²) >= 11 is 3.07. The fourth-order valence-electron chi connectivity index (χ4n) is 6.24. The van der Waals surface area contributed by atoms with Crippen LogP contribution in [0.1, 0.15) is 48.4 Å². The average Bonchev–Trinajstić information content (AvgIpc) is 3.63. The lowest BCUT2D eigenvalue weighted by atomic mass is 10.0. The lowest BCUT2D eigenvalue weighted by Crippen LogP contribution is -2.39. The van der Waals surface area contributed by atoms with Crippen molar-refractivity contribution in [3.05, 3.63) is 46.0 Å². The van der Waals surface area contributed by atoms with Crippen molar-refractivity contribution < 1.29 is 13.2 Å². The Morgan fingerprint density at radius 2 is 1.74 bits per heavy atom. The van der Waals surface area contributed by atoms with Gasteiger partial charge in [-0.2, -0.15) is 35.2 Å². The number of thiophene rings is 1. The van der Waals surface area contributed by atoms with Crippen molar-refractivity contribution in [3.8, 4) is 6.07 Å². The Labute approximate surface area is 277 Å². The number of likely N-dealkylation sites (tertiary alicyclic amines) is 1. The summed E-state index contributed by atoms with van der Waals surface area (Å²) in [6, 6.07) is 10.6. The molecule has 1 aromatic carbocycles. The standard InChI is InChI=1S/C31H37F3N8S2.C2H6/c1-20-21(3-4-27-25(20)15-23(18-35)42(27)10-9-40-11-13-43-14-12-40)19-41-7-5-22(6-8-41)37-28-26-16-24(17-31(32,33)34)44-29(26)39-30(36-2)38-28;1-2/h3-4,15-16,22H,5-14,17,19H2,1-2H3,(H2,36,37,38,39);1-2H3. The van der Waals surface area contributed by atoms with E-state index < -0.39 is 12.6 Å². The lowest BCUT2D eigenvalue weighted by Gasteiger charge is -2.33. The van der Waals surface area contributed by atoms with Crippen molar-refractivity contribution in [1.82, 2.24) is 24.3 Å².